The van der Waals surface area contributed by atoms with Crippen LogP contribution in [0.5, 0.6) is 0 Å². The van der Waals surface area contributed by atoms with Crippen LogP contribution in [-0.2, 0) is 24.5 Å². The molecule has 2 heterocycles. The fourth-order valence-corrected chi connectivity index (χ4v) is 4.92. The molecule has 0 bridgehead atoms. The first-order valence-corrected chi connectivity index (χ1v) is 11.1. The van der Waals surface area contributed by atoms with E-state index < -0.39 is 35.6 Å². The normalized spacial score (nSPS) is 32.7. The zero-order valence-electron chi connectivity index (χ0n) is 16.6. The summed E-state index contributed by atoms with van der Waals surface area (Å²) in [7, 11) is 0. The number of fused-ring (bicyclic) bond motifs is 1. The molecule has 0 N–H and O–H groups in total. The van der Waals surface area contributed by atoms with Crippen molar-refractivity contribution in [2.24, 2.45) is 5.11 Å². The molecule has 2 aliphatic rings. The number of hydrogen-bond donors (Lipinski definition) is 1. The summed E-state index contributed by atoms with van der Waals surface area (Å²) in [6, 6.07) is 14.6. The molecule has 2 aromatic rings. The first-order valence-electron chi connectivity index (χ1n) is 9.80. The molecule has 2 saturated heterocycles. The van der Waals surface area contributed by atoms with Crippen LogP contribution in [0, 0.1) is 0 Å². The fourth-order valence-electron chi connectivity index (χ4n) is 4.15. The van der Waals surface area contributed by atoms with Gasteiger partial charge >= 0.3 is 0 Å². The second-order valence-corrected chi connectivity index (χ2v) is 8.54. The summed E-state index contributed by atoms with van der Waals surface area (Å²) >= 11 is 17.1. The van der Waals surface area contributed by atoms with Crippen molar-refractivity contribution in [3.05, 3.63) is 80.1 Å². The van der Waals surface area contributed by atoms with Gasteiger partial charge in [-0.3, -0.25) is 0 Å². The molecule has 4 rings (SSSR count). The van der Waals surface area contributed by atoms with Crippen molar-refractivity contribution in [2.75, 3.05) is 13.2 Å². The highest BCUT2D eigenvalue weighted by atomic mass is 35.5. The number of benzene rings is 2. The van der Waals surface area contributed by atoms with E-state index in [9.17, 15) is 5.53 Å². The molecule has 7 nitrogen and oxygen atoms in total. The van der Waals surface area contributed by atoms with Crippen LogP contribution < -0.4 is 0 Å². The Morgan fingerprint density at radius 3 is 2.65 bits per heavy atom. The van der Waals surface area contributed by atoms with Crippen LogP contribution in [0.2, 0.25) is 10.0 Å². The Kier molecular flexibility index (Phi) is 7.01. The third kappa shape index (κ3) is 4.15. The van der Waals surface area contributed by atoms with E-state index in [1.54, 1.807) is 18.2 Å². The quantitative estimate of drug-likeness (QED) is 0.257. The fraction of sp³-hybridized carbons (Fsp3) is 0.429. The standard InChI is InChI=1S/C21H21Cl2N3O4S/c1-2-27-18-20(31)29-16-11-28-19(12-6-4-3-5-7-12)30-17(16)21(18,25-26-24)13-8-9-14(22)15(23)10-13/h3-10,16-20,31H,2,11H2,1H3/t16-,17+,18+,19?,20-,21?/m1/s1. The van der Waals surface area contributed by atoms with E-state index in [0.29, 0.717) is 22.2 Å². The van der Waals surface area contributed by atoms with Crippen molar-refractivity contribution in [1.82, 2.24) is 0 Å². The third-order valence-electron chi connectivity index (χ3n) is 5.47. The van der Waals surface area contributed by atoms with Crippen LogP contribution in [0.1, 0.15) is 24.3 Å². The van der Waals surface area contributed by atoms with E-state index in [2.05, 4.69) is 22.7 Å². The predicted molar refractivity (Wildman–Crippen MR) is 120 cm³/mol. The summed E-state index contributed by atoms with van der Waals surface area (Å²) in [5.74, 6) is 0. The van der Waals surface area contributed by atoms with Gasteiger partial charge in [-0.15, -0.1) is 12.6 Å². The lowest BCUT2D eigenvalue weighted by molar-refractivity contribution is -0.319. The highest BCUT2D eigenvalue weighted by molar-refractivity contribution is 7.80. The van der Waals surface area contributed by atoms with Crippen molar-refractivity contribution < 1.29 is 18.9 Å². The number of azide groups is 1. The first-order chi connectivity index (χ1) is 15.0. The number of nitrogens with zero attached hydrogens (tertiary/aromatic N) is 3. The van der Waals surface area contributed by atoms with Crippen LogP contribution in [0.25, 0.3) is 10.4 Å². The van der Waals surface area contributed by atoms with Gasteiger partial charge in [0, 0.05) is 17.1 Å². The lowest BCUT2D eigenvalue weighted by atomic mass is 9.75. The van der Waals surface area contributed by atoms with E-state index in [-0.39, 0.29) is 6.61 Å². The molecular weight excluding hydrogens is 461 g/mol. The molecular formula is C21H21Cl2N3O4S. The summed E-state index contributed by atoms with van der Waals surface area (Å²) in [6.45, 7) is 2.43. The van der Waals surface area contributed by atoms with Crippen LogP contribution in [-0.4, -0.2) is 37.0 Å². The Labute approximate surface area is 195 Å². The zero-order valence-corrected chi connectivity index (χ0v) is 19.0. The highest BCUT2D eigenvalue weighted by Gasteiger charge is 2.60. The number of halogens is 2. The Balaban J connectivity index is 1.86. The van der Waals surface area contributed by atoms with Crippen molar-refractivity contribution in [1.29, 1.82) is 0 Å². The number of rotatable bonds is 5. The van der Waals surface area contributed by atoms with Crippen LogP contribution >= 0.6 is 35.8 Å². The maximum atomic E-state index is 9.61. The Morgan fingerprint density at radius 2 is 1.97 bits per heavy atom. The summed E-state index contributed by atoms with van der Waals surface area (Å²) in [5.41, 5.74) is 9.04. The second-order valence-electron chi connectivity index (χ2n) is 7.22. The average Bonchev–Trinajstić information content (AvgIpc) is 2.78. The summed E-state index contributed by atoms with van der Waals surface area (Å²) in [5, 5.41) is 4.97. The van der Waals surface area contributed by atoms with Gasteiger partial charge in [0.25, 0.3) is 0 Å². The van der Waals surface area contributed by atoms with Crippen molar-refractivity contribution in [3.8, 4) is 0 Å². The summed E-state index contributed by atoms with van der Waals surface area (Å²) in [6.07, 6.45) is -2.68. The number of ether oxygens (including phenoxy) is 4. The van der Waals surface area contributed by atoms with Crippen molar-refractivity contribution in [3.63, 3.8) is 0 Å². The molecule has 0 saturated carbocycles. The molecule has 0 aromatic heterocycles. The smallest absolute Gasteiger partial charge is 0.184 e. The average molecular weight is 482 g/mol. The molecule has 0 amide bonds. The third-order valence-corrected chi connectivity index (χ3v) is 6.60. The Morgan fingerprint density at radius 1 is 1.19 bits per heavy atom. The van der Waals surface area contributed by atoms with Crippen molar-refractivity contribution >= 4 is 35.8 Å². The molecule has 6 atom stereocenters. The molecule has 0 spiro atoms. The maximum Gasteiger partial charge on any atom is 0.184 e. The number of thiol groups is 1. The van der Waals surface area contributed by atoms with Gasteiger partial charge < -0.3 is 18.9 Å². The molecule has 2 aliphatic heterocycles. The lowest BCUT2D eigenvalue weighted by Gasteiger charge is -2.54. The SMILES string of the molecule is CCO[C@H]1[C@@H](S)O[C@@H]2COC(c3ccccc3)O[C@@H]2C1(N=[N+]=[N-])c1ccc(Cl)c(Cl)c1. The Bertz CT molecular complexity index is 978. The molecule has 2 fully saturated rings. The first kappa shape index (κ1) is 22.7. The van der Waals surface area contributed by atoms with Gasteiger partial charge in [0.2, 0.25) is 0 Å². The molecule has 164 valence electrons. The van der Waals surface area contributed by atoms with E-state index in [0.717, 1.165) is 5.56 Å². The lowest BCUT2D eigenvalue weighted by Crippen LogP contribution is -2.66. The molecule has 10 heteroatoms. The van der Waals surface area contributed by atoms with E-state index >= 15 is 0 Å². The van der Waals surface area contributed by atoms with Gasteiger partial charge in [0.05, 0.1) is 16.7 Å². The van der Waals surface area contributed by atoms with Crippen LogP contribution in [0.3, 0.4) is 0 Å². The van der Waals surface area contributed by atoms with E-state index in [1.807, 2.05) is 37.3 Å². The minimum Gasteiger partial charge on any atom is -0.374 e. The predicted octanol–water partition coefficient (Wildman–Crippen LogP) is 5.67. The molecule has 0 radical (unpaired) electrons. The molecule has 2 aromatic carbocycles. The van der Waals surface area contributed by atoms with Crippen molar-refractivity contribution in [2.45, 2.75) is 42.5 Å². The van der Waals surface area contributed by atoms with Gasteiger partial charge in [-0.2, -0.15) is 0 Å². The van der Waals surface area contributed by atoms with Gasteiger partial charge in [-0.05, 0) is 30.2 Å². The van der Waals surface area contributed by atoms with Crippen LogP contribution in [0.4, 0.5) is 0 Å². The van der Waals surface area contributed by atoms with E-state index in [1.165, 1.54) is 0 Å². The number of hydrogen-bond acceptors (Lipinski definition) is 6. The maximum absolute atomic E-state index is 9.61. The Hall–Kier alpha value is -1.48. The van der Waals surface area contributed by atoms with Gasteiger partial charge in [-0.25, -0.2) is 0 Å². The second kappa shape index (κ2) is 9.57. The van der Waals surface area contributed by atoms with Gasteiger partial charge in [0.15, 0.2) is 6.29 Å². The molecule has 2 unspecified atom stereocenters. The van der Waals surface area contributed by atoms with Gasteiger partial charge in [-0.1, -0.05) is 64.7 Å². The van der Waals surface area contributed by atoms with Crippen LogP contribution in [0.15, 0.2) is 53.6 Å². The summed E-state index contributed by atoms with van der Waals surface area (Å²) < 4.78 is 24.4. The zero-order chi connectivity index (χ0) is 22.0. The topological polar surface area (TPSA) is 85.7 Å². The van der Waals surface area contributed by atoms with Gasteiger partial charge in [0.1, 0.15) is 29.3 Å². The van der Waals surface area contributed by atoms with E-state index in [4.69, 9.17) is 42.1 Å². The highest BCUT2D eigenvalue weighted by Crippen LogP contribution is 2.49. The monoisotopic (exact) mass is 481 g/mol. The molecule has 31 heavy (non-hydrogen) atoms. The summed E-state index contributed by atoms with van der Waals surface area (Å²) in [4.78, 5) is 3.17. The minimum absolute atomic E-state index is 0.226. The largest absolute Gasteiger partial charge is 0.374 e. The minimum atomic E-state index is -1.31. The molecule has 0 aliphatic carbocycles.